The van der Waals surface area contributed by atoms with Crippen LogP contribution in [0.3, 0.4) is 0 Å². The van der Waals surface area contributed by atoms with Gasteiger partial charge in [0.05, 0.1) is 6.61 Å². The van der Waals surface area contributed by atoms with Gasteiger partial charge in [-0.2, -0.15) is 4.98 Å². The number of hydrogen-bond acceptors (Lipinski definition) is 5. The van der Waals surface area contributed by atoms with Crippen LogP contribution in [0.4, 0.5) is 0 Å². The summed E-state index contributed by atoms with van der Waals surface area (Å²) in [6.45, 7) is 4.49. The van der Waals surface area contributed by atoms with Crippen molar-refractivity contribution in [3.05, 3.63) is 41.7 Å². The molecule has 1 aromatic heterocycles. The molecule has 0 spiro atoms. The Morgan fingerprint density at radius 3 is 2.62 bits per heavy atom. The number of para-hydroxylation sites is 2. The number of ether oxygens (including phenoxy) is 2. The number of nitrogens with zero attached hydrogens (tertiary/aromatic N) is 2. The Kier molecular flexibility index (Phi) is 5.05. The van der Waals surface area contributed by atoms with E-state index in [1.165, 1.54) is 0 Å². The van der Waals surface area contributed by atoms with Gasteiger partial charge in [0.1, 0.15) is 10.7 Å². The van der Waals surface area contributed by atoms with Gasteiger partial charge < -0.3 is 15.2 Å². The summed E-state index contributed by atoms with van der Waals surface area (Å²) in [6, 6.07) is 9.31. The third-order valence-electron chi connectivity index (χ3n) is 2.60. The van der Waals surface area contributed by atoms with E-state index >= 15 is 0 Å². The molecule has 110 valence electrons. The highest BCUT2D eigenvalue weighted by Gasteiger charge is 2.10. The minimum atomic E-state index is 0.199. The van der Waals surface area contributed by atoms with Crippen LogP contribution < -0.4 is 15.2 Å². The lowest BCUT2D eigenvalue weighted by atomic mass is 10.3. The van der Waals surface area contributed by atoms with Crippen molar-refractivity contribution in [2.75, 3.05) is 6.61 Å². The molecule has 21 heavy (non-hydrogen) atoms. The van der Waals surface area contributed by atoms with Gasteiger partial charge in [0.2, 0.25) is 0 Å². The second-order valence-corrected chi connectivity index (χ2v) is 4.88. The molecule has 0 saturated carbocycles. The van der Waals surface area contributed by atoms with Crippen LogP contribution in [-0.4, -0.2) is 21.6 Å². The molecule has 2 aromatic rings. The third kappa shape index (κ3) is 4.13. The fraction of sp³-hybridized carbons (Fsp3) is 0.267. The van der Waals surface area contributed by atoms with Crippen LogP contribution >= 0.6 is 12.2 Å². The Morgan fingerprint density at radius 2 is 1.95 bits per heavy atom. The molecule has 0 fully saturated rings. The van der Waals surface area contributed by atoms with Crippen LogP contribution in [0.1, 0.15) is 24.7 Å². The number of thiocarbonyl (C=S) groups is 1. The highest BCUT2D eigenvalue weighted by molar-refractivity contribution is 7.80. The SMILES string of the molecule is CCCOc1ccccc1Oc1nc(C)cc(C(N)=S)n1. The fourth-order valence-corrected chi connectivity index (χ4v) is 1.78. The van der Waals surface area contributed by atoms with Gasteiger partial charge in [-0.05, 0) is 31.5 Å². The second-order valence-electron chi connectivity index (χ2n) is 4.44. The van der Waals surface area contributed by atoms with E-state index in [1.807, 2.05) is 32.0 Å². The minimum absolute atomic E-state index is 0.199. The first-order valence-electron chi connectivity index (χ1n) is 6.65. The zero-order valence-electron chi connectivity index (χ0n) is 12.0. The third-order valence-corrected chi connectivity index (χ3v) is 2.81. The molecule has 0 aliphatic heterocycles. The van der Waals surface area contributed by atoms with Gasteiger partial charge in [-0.3, -0.25) is 0 Å². The number of rotatable bonds is 6. The highest BCUT2D eigenvalue weighted by Crippen LogP contribution is 2.30. The zero-order valence-corrected chi connectivity index (χ0v) is 12.8. The molecule has 0 amide bonds. The van der Waals surface area contributed by atoms with E-state index in [4.69, 9.17) is 27.4 Å². The van der Waals surface area contributed by atoms with Crippen molar-refractivity contribution in [3.63, 3.8) is 0 Å². The molecule has 0 bridgehead atoms. The van der Waals surface area contributed by atoms with Gasteiger partial charge in [0, 0.05) is 5.69 Å². The topological polar surface area (TPSA) is 70.3 Å². The van der Waals surface area contributed by atoms with Crippen molar-refractivity contribution >= 4 is 17.2 Å². The van der Waals surface area contributed by atoms with Crippen molar-refractivity contribution < 1.29 is 9.47 Å². The Balaban J connectivity index is 2.27. The van der Waals surface area contributed by atoms with E-state index in [2.05, 4.69) is 9.97 Å². The van der Waals surface area contributed by atoms with Crippen molar-refractivity contribution in [3.8, 4) is 17.5 Å². The van der Waals surface area contributed by atoms with Crippen LogP contribution in [-0.2, 0) is 0 Å². The Bertz CT molecular complexity index is 647. The number of aryl methyl sites for hydroxylation is 1. The van der Waals surface area contributed by atoms with Crippen molar-refractivity contribution in [2.24, 2.45) is 5.73 Å². The molecule has 0 radical (unpaired) electrons. The van der Waals surface area contributed by atoms with E-state index in [0.717, 1.165) is 12.1 Å². The summed E-state index contributed by atoms with van der Waals surface area (Å²) in [5, 5.41) is 0. The summed E-state index contributed by atoms with van der Waals surface area (Å²) in [5.74, 6) is 1.21. The quantitative estimate of drug-likeness (QED) is 0.827. The first-order chi connectivity index (χ1) is 10.1. The number of benzene rings is 1. The van der Waals surface area contributed by atoms with Crippen molar-refractivity contribution in [1.29, 1.82) is 0 Å². The largest absolute Gasteiger partial charge is 0.490 e. The van der Waals surface area contributed by atoms with Crippen LogP contribution in [0.15, 0.2) is 30.3 Å². The summed E-state index contributed by atoms with van der Waals surface area (Å²) >= 11 is 4.94. The first-order valence-corrected chi connectivity index (χ1v) is 7.06. The molecule has 0 saturated heterocycles. The molecule has 6 heteroatoms. The predicted octanol–water partition coefficient (Wildman–Crippen LogP) is 3.00. The summed E-state index contributed by atoms with van der Waals surface area (Å²) in [5.41, 5.74) is 6.82. The predicted molar refractivity (Wildman–Crippen MR) is 85.0 cm³/mol. The van der Waals surface area contributed by atoms with Gasteiger partial charge in [-0.1, -0.05) is 31.3 Å². The van der Waals surface area contributed by atoms with Crippen molar-refractivity contribution in [2.45, 2.75) is 20.3 Å². The van der Waals surface area contributed by atoms with Gasteiger partial charge in [0.25, 0.3) is 0 Å². The summed E-state index contributed by atoms with van der Waals surface area (Å²) in [6.07, 6.45) is 0.918. The number of nitrogens with two attached hydrogens (primary N) is 1. The summed E-state index contributed by atoms with van der Waals surface area (Å²) in [4.78, 5) is 8.63. The molecule has 5 nitrogen and oxygen atoms in total. The number of hydrogen-bond donors (Lipinski definition) is 1. The van der Waals surface area contributed by atoms with Crippen LogP contribution in [0, 0.1) is 6.92 Å². The Labute approximate surface area is 129 Å². The van der Waals surface area contributed by atoms with E-state index in [-0.39, 0.29) is 11.0 Å². The molecule has 2 N–H and O–H groups in total. The molecule has 0 atom stereocenters. The molecule has 1 aromatic carbocycles. The van der Waals surface area contributed by atoms with Gasteiger partial charge in [-0.15, -0.1) is 0 Å². The molecular weight excluding hydrogens is 286 g/mol. The lowest BCUT2D eigenvalue weighted by Gasteiger charge is -2.11. The van der Waals surface area contributed by atoms with E-state index in [9.17, 15) is 0 Å². The highest BCUT2D eigenvalue weighted by atomic mass is 32.1. The standard InChI is InChI=1S/C15H17N3O2S/c1-3-8-19-12-6-4-5-7-13(12)20-15-17-10(2)9-11(18-15)14(16)21/h4-7,9H,3,8H2,1-2H3,(H2,16,21). The lowest BCUT2D eigenvalue weighted by Crippen LogP contribution is -2.13. The smallest absolute Gasteiger partial charge is 0.322 e. The lowest BCUT2D eigenvalue weighted by molar-refractivity contribution is 0.299. The fourth-order valence-electron chi connectivity index (χ4n) is 1.68. The average Bonchev–Trinajstić information content (AvgIpc) is 2.45. The monoisotopic (exact) mass is 303 g/mol. The maximum Gasteiger partial charge on any atom is 0.322 e. The molecule has 2 rings (SSSR count). The second kappa shape index (κ2) is 6.99. The molecular formula is C15H17N3O2S. The first kappa shape index (κ1) is 15.2. The van der Waals surface area contributed by atoms with Crippen LogP contribution in [0.25, 0.3) is 0 Å². The van der Waals surface area contributed by atoms with Gasteiger partial charge in [0.15, 0.2) is 11.5 Å². The maximum absolute atomic E-state index is 5.72. The summed E-state index contributed by atoms with van der Waals surface area (Å²) < 4.78 is 11.4. The zero-order chi connectivity index (χ0) is 15.2. The molecule has 0 aliphatic rings. The molecule has 1 heterocycles. The van der Waals surface area contributed by atoms with E-state index in [0.29, 0.717) is 23.8 Å². The van der Waals surface area contributed by atoms with Gasteiger partial charge >= 0.3 is 6.01 Å². The van der Waals surface area contributed by atoms with Crippen LogP contribution in [0.2, 0.25) is 0 Å². The maximum atomic E-state index is 5.72. The normalized spacial score (nSPS) is 10.2. The Morgan fingerprint density at radius 1 is 1.24 bits per heavy atom. The minimum Gasteiger partial charge on any atom is -0.490 e. The number of aromatic nitrogens is 2. The molecule has 0 unspecified atom stereocenters. The molecule has 0 aliphatic carbocycles. The van der Waals surface area contributed by atoms with Crippen LogP contribution in [0.5, 0.6) is 17.5 Å². The van der Waals surface area contributed by atoms with E-state index in [1.54, 1.807) is 12.1 Å². The van der Waals surface area contributed by atoms with Crippen molar-refractivity contribution in [1.82, 2.24) is 9.97 Å². The Hall–Kier alpha value is -2.21. The summed E-state index contributed by atoms with van der Waals surface area (Å²) in [7, 11) is 0. The van der Waals surface area contributed by atoms with E-state index < -0.39 is 0 Å². The average molecular weight is 303 g/mol. The van der Waals surface area contributed by atoms with Gasteiger partial charge in [-0.25, -0.2) is 4.98 Å².